The number of pyridine rings is 2. The van der Waals surface area contributed by atoms with E-state index in [0.29, 0.717) is 28.3 Å². The molecule has 0 atom stereocenters. The molecule has 0 spiro atoms. The zero-order valence-corrected chi connectivity index (χ0v) is 20.4. The molecular formula is C22H14F9N7O4. The van der Waals surface area contributed by atoms with Gasteiger partial charge < -0.3 is 20.5 Å². The van der Waals surface area contributed by atoms with Crippen LogP contribution in [-0.2, 0) is 15.8 Å². The highest BCUT2D eigenvalue weighted by atomic mass is 19.4. The number of imidazole rings is 1. The van der Waals surface area contributed by atoms with E-state index >= 15 is 0 Å². The molecule has 0 amide bonds. The summed E-state index contributed by atoms with van der Waals surface area (Å²) in [6.07, 6.45) is -9.89. The van der Waals surface area contributed by atoms with Gasteiger partial charge in [-0.15, -0.1) is 0 Å². The van der Waals surface area contributed by atoms with Crippen molar-refractivity contribution in [2.24, 2.45) is 0 Å². The van der Waals surface area contributed by atoms with Crippen LogP contribution in [0.15, 0.2) is 36.8 Å². The molecular weight excluding hydrogens is 597 g/mol. The van der Waals surface area contributed by atoms with Gasteiger partial charge in [-0.25, -0.2) is 19.6 Å². The molecule has 4 aromatic rings. The number of aromatic amines is 2. The Morgan fingerprint density at radius 2 is 1.48 bits per heavy atom. The van der Waals surface area contributed by atoms with Crippen molar-refractivity contribution < 1.29 is 59.3 Å². The molecule has 1 aliphatic heterocycles. The number of carboxylic acids is 2. The molecule has 1 aliphatic rings. The first-order valence-corrected chi connectivity index (χ1v) is 10.8. The maximum atomic E-state index is 13.4. The summed E-state index contributed by atoms with van der Waals surface area (Å²) in [7, 11) is 0. The van der Waals surface area contributed by atoms with Crippen molar-refractivity contribution in [1.82, 2.24) is 30.1 Å². The fourth-order valence-corrected chi connectivity index (χ4v) is 3.33. The molecule has 0 aromatic carbocycles. The van der Waals surface area contributed by atoms with Crippen molar-refractivity contribution in [3.8, 4) is 33.9 Å². The van der Waals surface area contributed by atoms with Gasteiger partial charge in [-0.2, -0.15) is 44.6 Å². The monoisotopic (exact) mass is 611 g/mol. The highest BCUT2D eigenvalue weighted by Gasteiger charge is 2.40. The minimum atomic E-state index is -5.08. The van der Waals surface area contributed by atoms with Crippen LogP contribution in [0, 0.1) is 6.92 Å². The van der Waals surface area contributed by atoms with E-state index in [0.717, 1.165) is 5.69 Å². The van der Waals surface area contributed by atoms with Crippen LogP contribution in [0.4, 0.5) is 51.0 Å². The number of carbonyl (C=O) groups is 2. The zero-order chi connectivity index (χ0) is 31.6. The number of carboxylic acid groups (broad SMARTS) is 2. The first kappa shape index (κ1) is 31.4. The van der Waals surface area contributed by atoms with Gasteiger partial charge in [0.25, 0.3) is 0 Å². The van der Waals surface area contributed by atoms with Crippen LogP contribution in [0.2, 0.25) is 0 Å². The average molecular weight is 611 g/mol. The Balaban J connectivity index is 0.000000289. The van der Waals surface area contributed by atoms with Crippen molar-refractivity contribution in [2.75, 3.05) is 5.32 Å². The van der Waals surface area contributed by atoms with Crippen molar-refractivity contribution in [3.05, 3.63) is 48.2 Å². The molecule has 5 N–H and O–H groups in total. The summed E-state index contributed by atoms with van der Waals surface area (Å²) < 4.78 is 104. The molecule has 0 fully saturated rings. The number of rotatable bonds is 1. The number of alkyl halides is 9. The SMILES string of the molecule is Cc1[nH]nc(C(F)(F)F)c1-c1nc2c([nH]1)-c1cnccc1Nc1ncccc1-2.O=C(O)C(F)(F)F.O=C(O)C(F)(F)F. The van der Waals surface area contributed by atoms with Gasteiger partial charge in [-0.3, -0.25) is 10.1 Å². The fraction of sp³-hybridized carbons (Fsp3) is 0.182. The summed E-state index contributed by atoms with van der Waals surface area (Å²) in [6.45, 7) is 1.53. The molecule has 0 unspecified atom stereocenters. The van der Waals surface area contributed by atoms with Crippen LogP contribution in [0.3, 0.4) is 0 Å². The predicted octanol–water partition coefficient (Wildman–Crippen LogP) is 5.57. The second-order valence-electron chi connectivity index (χ2n) is 7.93. The van der Waals surface area contributed by atoms with Crippen LogP contribution in [0.1, 0.15) is 11.4 Å². The minimum Gasteiger partial charge on any atom is -0.475 e. The lowest BCUT2D eigenvalue weighted by Gasteiger charge is -2.08. The number of aliphatic carboxylic acids is 2. The van der Waals surface area contributed by atoms with Gasteiger partial charge in [0.15, 0.2) is 5.69 Å². The molecule has 0 saturated heterocycles. The average Bonchev–Trinajstić information content (AvgIpc) is 3.45. The largest absolute Gasteiger partial charge is 0.490 e. The number of aromatic nitrogens is 6. The molecule has 4 aromatic heterocycles. The van der Waals surface area contributed by atoms with E-state index in [1.807, 2.05) is 6.07 Å². The number of halogens is 9. The van der Waals surface area contributed by atoms with Crippen molar-refractivity contribution in [3.63, 3.8) is 0 Å². The molecule has 0 radical (unpaired) electrons. The van der Waals surface area contributed by atoms with Crippen molar-refractivity contribution in [1.29, 1.82) is 0 Å². The molecule has 20 heteroatoms. The van der Waals surface area contributed by atoms with Gasteiger partial charge in [0.2, 0.25) is 0 Å². The number of nitrogens with one attached hydrogen (secondary N) is 3. The number of anilines is 2. The fourth-order valence-electron chi connectivity index (χ4n) is 3.33. The molecule has 42 heavy (non-hydrogen) atoms. The Bertz CT molecular complexity index is 1520. The molecule has 5 heterocycles. The summed E-state index contributed by atoms with van der Waals surface area (Å²) in [5.74, 6) is -4.87. The number of H-pyrrole nitrogens is 2. The topological polar surface area (TPSA) is 170 Å². The Labute approximate surface area is 226 Å². The van der Waals surface area contributed by atoms with Crippen LogP contribution in [-0.4, -0.2) is 64.6 Å². The molecule has 0 bridgehead atoms. The van der Waals surface area contributed by atoms with Crippen LogP contribution >= 0.6 is 0 Å². The second kappa shape index (κ2) is 11.4. The van der Waals surface area contributed by atoms with E-state index in [9.17, 15) is 39.5 Å². The standard InChI is InChI=1S/C18H12F3N7.2C2HF3O2/c1-8-12(15(28-27-8)18(19,20)21)17-25-13-9-3-2-5-23-16(9)24-11-4-6-22-7-10(11)14(13)26-17;2*3-2(4,5)1(6)7/h2-7H,1H3,(H,23,24)(H,25,26)(H,27,28);2*(H,6,7). The normalized spacial score (nSPS) is 12.1. The van der Waals surface area contributed by atoms with Gasteiger partial charge in [0, 0.05) is 35.4 Å². The van der Waals surface area contributed by atoms with E-state index < -0.39 is 36.2 Å². The Kier molecular flexibility index (Phi) is 8.49. The van der Waals surface area contributed by atoms with E-state index in [-0.39, 0.29) is 17.1 Å². The van der Waals surface area contributed by atoms with Gasteiger partial charge >= 0.3 is 30.5 Å². The second-order valence-corrected chi connectivity index (χ2v) is 7.93. The van der Waals surface area contributed by atoms with Crippen molar-refractivity contribution in [2.45, 2.75) is 25.5 Å². The smallest absolute Gasteiger partial charge is 0.475 e. The van der Waals surface area contributed by atoms with Gasteiger partial charge in [0.1, 0.15) is 17.3 Å². The number of hydrogen-bond acceptors (Lipinski definition) is 7. The van der Waals surface area contributed by atoms with Crippen LogP contribution < -0.4 is 5.32 Å². The molecule has 11 nitrogen and oxygen atoms in total. The lowest BCUT2D eigenvalue weighted by molar-refractivity contribution is -0.193. The van der Waals surface area contributed by atoms with Crippen LogP contribution in [0.25, 0.3) is 33.9 Å². The number of nitrogens with zero attached hydrogens (tertiary/aromatic N) is 4. The highest BCUT2D eigenvalue weighted by molar-refractivity contribution is 5.95. The lowest BCUT2D eigenvalue weighted by atomic mass is 10.1. The van der Waals surface area contributed by atoms with E-state index in [4.69, 9.17) is 19.8 Å². The maximum absolute atomic E-state index is 13.4. The van der Waals surface area contributed by atoms with Gasteiger partial charge in [-0.05, 0) is 25.1 Å². The lowest BCUT2D eigenvalue weighted by Crippen LogP contribution is -2.21. The predicted molar refractivity (Wildman–Crippen MR) is 123 cm³/mol. The number of fused-ring (bicyclic) bond motifs is 5. The zero-order valence-electron chi connectivity index (χ0n) is 20.4. The minimum absolute atomic E-state index is 0.0788. The molecule has 0 aliphatic carbocycles. The van der Waals surface area contributed by atoms with Gasteiger partial charge in [0.05, 0.1) is 16.9 Å². The summed E-state index contributed by atoms with van der Waals surface area (Å²) in [5, 5.41) is 23.3. The maximum Gasteiger partial charge on any atom is 0.490 e. The van der Waals surface area contributed by atoms with E-state index in [1.54, 1.807) is 30.7 Å². The number of hydrogen-bond donors (Lipinski definition) is 5. The first-order chi connectivity index (χ1) is 19.3. The highest BCUT2D eigenvalue weighted by Crippen LogP contribution is 2.44. The summed E-state index contributed by atoms with van der Waals surface area (Å²) >= 11 is 0. The Morgan fingerprint density at radius 1 is 0.881 bits per heavy atom. The summed E-state index contributed by atoms with van der Waals surface area (Å²) in [4.78, 5) is 33.8. The number of aryl methyl sites for hydroxylation is 1. The quantitative estimate of drug-likeness (QED) is 0.152. The third-order valence-electron chi connectivity index (χ3n) is 5.05. The first-order valence-electron chi connectivity index (χ1n) is 10.8. The molecule has 224 valence electrons. The van der Waals surface area contributed by atoms with E-state index in [1.165, 1.54) is 6.92 Å². The molecule has 5 rings (SSSR count). The van der Waals surface area contributed by atoms with Gasteiger partial charge in [-0.1, -0.05) is 0 Å². The third-order valence-corrected chi connectivity index (χ3v) is 5.05. The van der Waals surface area contributed by atoms with Crippen LogP contribution in [0.5, 0.6) is 0 Å². The third kappa shape index (κ3) is 6.93. The summed E-state index contributed by atoms with van der Waals surface area (Å²) in [5.41, 5.74) is 2.29. The molecule has 0 saturated carbocycles. The Morgan fingerprint density at radius 3 is 2.02 bits per heavy atom. The van der Waals surface area contributed by atoms with Crippen molar-refractivity contribution >= 4 is 23.4 Å². The Hall–Kier alpha value is -5.17. The summed E-state index contributed by atoms with van der Waals surface area (Å²) in [6, 6.07) is 5.33. The van der Waals surface area contributed by atoms with E-state index in [2.05, 4.69) is 35.5 Å².